The summed E-state index contributed by atoms with van der Waals surface area (Å²) < 4.78 is 10.6. The molecular weight excluding hydrogens is 218 g/mol. The predicted molar refractivity (Wildman–Crippen MR) is 65.6 cm³/mol. The fraction of sp³-hybridized carbons (Fsp3) is 0.462. The number of hydrogen-bond donors (Lipinski definition) is 0. The molecular formula is C13H17NO3. The van der Waals surface area contributed by atoms with Gasteiger partial charge in [-0.1, -0.05) is 6.07 Å². The van der Waals surface area contributed by atoms with Crippen LogP contribution in [0.15, 0.2) is 17.1 Å². The van der Waals surface area contributed by atoms with Crippen molar-refractivity contribution in [2.75, 3.05) is 20.8 Å². The third-order valence-corrected chi connectivity index (χ3v) is 2.64. The number of carbonyl (C=O) groups excluding carboxylic acids is 1. The molecule has 92 valence electrons. The van der Waals surface area contributed by atoms with E-state index in [1.807, 2.05) is 19.1 Å². The molecule has 0 aliphatic rings. The van der Waals surface area contributed by atoms with E-state index in [0.717, 1.165) is 35.5 Å². The Kier molecular flexibility index (Phi) is 5.24. The van der Waals surface area contributed by atoms with Gasteiger partial charge in [0.25, 0.3) is 0 Å². The van der Waals surface area contributed by atoms with E-state index in [-0.39, 0.29) is 0 Å². The number of isocyanates is 1. The van der Waals surface area contributed by atoms with Gasteiger partial charge >= 0.3 is 0 Å². The van der Waals surface area contributed by atoms with E-state index in [1.165, 1.54) is 6.08 Å². The molecule has 0 aliphatic heterocycles. The Hall–Kier alpha value is -1.80. The minimum Gasteiger partial charge on any atom is -0.496 e. The second kappa shape index (κ2) is 6.71. The molecule has 0 amide bonds. The maximum Gasteiger partial charge on any atom is 0.234 e. The first-order valence-corrected chi connectivity index (χ1v) is 5.48. The van der Waals surface area contributed by atoms with Crippen molar-refractivity contribution in [2.24, 2.45) is 4.99 Å². The lowest BCUT2D eigenvalue weighted by Gasteiger charge is -2.14. The quantitative estimate of drug-likeness (QED) is 0.432. The van der Waals surface area contributed by atoms with Crippen LogP contribution in [0.3, 0.4) is 0 Å². The van der Waals surface area contributed by atoms with Crippen LogP contribution in [0.5, 0.6) is 11.5 Å². The maximum atomic E-state index is 9.94. The highest BCUT2D eigenvalue weighted by atomic mass is 16.5. The van der Waals surface area contributed by atoms with Crippen LogP contribution < -0.4 is 9.47 Å². The topological polar surface area (TPSA) is 47.9 Å². The molecule has 0 saturated carbocycles. The molecule has 0 radical (unpaired) electrons. The molecule has 0 aliphatic carbocycles. The van der Waals surface area contributed by atoms with Crippen LogP contribution in [0.2, 0.25) is 0 Å². The van der Waals surface area contributed by atoms with Crippen molar-refractivity contribution in [2.45, 2.75) is 19.8 Å². The van der Waals surface area contributed by atoms with Gasteiger partial charge in [0.15, 0.2) is 0 Å². The van der Waals surface area contributed by atoms with Crippen LogP contribution in [0.1, 0.15) is 17.5 Å². The molecule has 0 spiro atoms. The second-order valence-corrected chi connectivity index (χ2v) is 3.66. The maximum absolute atomic E-state index is 9.94. The van der Waals surface area contributed by atoms with Crippen molar-refractivity contribution in [3.8, 4) is 11.5 Å². The van der Waals surface area contributed by atoms with Crippen molar-refractivity contribution in [3.05, 3.63) is 23.3 Å². The van der Waals surface area contributed by atoms with Crippen molar-refractivity contribution >= 4 is 6.08 Å². The van der Waals surface area contributed by atoms with Crippen molar-refractivity contribution in [1.82, 2.24) is 0 Å². The summed E-state index contributed by atoms with van der Waals surface area (Å²) in [6.07, 6.45) is 3.16. The van der Waals surface area contributed by atoms with E-state index in [1.54, 1.807) is 14.2 Å². The Morgan fingerprint density at radius 3 is 2.65 bits per heavy atom. The average Bonchev–Trinajstić information content (AvgIpc) is 2.35. The van der Waals surface area contributed by atoms with Gasteiger partial charge in [0, 0.05) is 5.56 Å². The van der Waals surface area contributed by atoms with E-state index >= 15 is 0 Å². The number of nitrogens with zero attached hydrogens (tertiary/aromatic N) is 1. The van der Waals surface area contributed by atoms with Crippen LogP contribution in [-0.2, 0) is 11.2 Å². The van der Waals surface area contributed by atoms with Crippen molar-refractivity contribution < 1.29 is 14.3 Å². The van der Waals surface area contributed by atoms with Crippen LogP contribution >= 0.6 is 0 Å². The number of aliphatic imine (C=N–C) groups is 1. The van der Waals surface area contributed by atoms with Gasteiger partial charge in [-0.25, -0.2) is 9.79 Å². The number of hydrogen-bond acceptors (Lipinski definition) is 4. The first-order chi connectivity index (χ1) is 8.24. The molecule has 0 saturated heterocycles. The molecule has 0 atom stereocenters. The van der Waals surface area contributed by atoms with Gasteiger partial charge in [-0.05, 0) is 31.4 Å². The predicted octanol–water partition coefficient (Wildman–Crippen LogP) is 2.28. The fourth-order valence-corrected chi connectivity index (χ4v) is 1.83. The van der Waals surface area contributed by atoms with Crippen LogP contribution in [0.25, 0.3) is 0 Å². The molecule has 1 aromatic carbocycles. The molecule has 0 unspecified atom stereocenters. The molecule has 0 bridgehead atoms. The van der Waals surface area contributed by atoms with E-state index in [4.69, 9.17) is 9.47 Å². The van der Waals surface area contributed by atoms with Crippen molar-refractivity contribution in [3.63, 3.8) is 0 Å². The monoisotopic (exact) mass is 235 g/mol. The summed E-state index contributed by atoms with van der Waals surface area (Å²) in [5.74, 6) is 1.66. The Morgan fingerprint density at radius 2 is 2.06 bits per heavy atom. The Labute approximate surface area is 101 Å². The number of benzene rings is 1. The standard InChI is InChI=1S/C13H17NO3/c1-10-12(16-2)7-6-11(13(10)17-3)5-4-8-14-9-15/h6-7H,4-5,8H2,1-3H3. The number of ether oxygens (including phenoxy) is 2. The summed E-state index contributed by atoms with van der Waals surface area (Å²) in [5, 5.41) is 0. The minimum absolute atomic E-state index is 0.498. The van der Waals surface area contributed by atoms with E-state index in [9.17, 15) is 4.79 Å². The number of aryl methyl sites for hydroxylation is 1. The summed E-state index contributed by atoms with van der Waals surface area (Å²) in [6.45, 7) is 2.46. The van der Waals surface area contributed by atoms with Gasteiger partial charge in [-0.2, -0.15) is 0 Å². The van der Waals surface area contributed by atoms with Gasteiger partial charge in [-0.3, -0.25) is 0 Å². The molecule has 0 N–H and O–H groups in total. The molecule has 0 fully saturated rings. The lowest BCUT2D eigenvalue weighted by atomic mass is 10.0. The van der Waals surface area contributed by atoms with E-state index in [2.05, 4.69) is 4.99 Å². The molecule has 1 rings (SSSR count). The van der Waals surface area contributed by atoms with Crippen LogP contribution in [0, 0.1) is 6.92 Å². The van der Waals surface area contributed by atoms with Crippen LogP contribution in [0.4, 0.5) is 0 Å². The Morgan fingerprint density at radius 1 is 1.29 bits per heavy atom. The first-order valence-electron chi connectivity index (χ1n) is 5.48. The first kappa shape index (κ1) is 13.3. The molecule has 4 nitrogen and oxygen atoms in total. The van der Waals surface area contributed by atoms with Gasteiger partial charge < -0.3 is 9.47 Å². The Bertz CT molecular complexity index is 423. The number of rotatable bonds is 6. The third kappa shape index (κ3) is 3.33. The normalized spacial score (nSPS) is 9.59. The molecule has 0 aromatic heterocycles. The van der Waals surface area contributed by atoms with E-state index < -0.39 is 0 Å². The minimum atomic E-state index is 0.498. The summed E-state index contributed by atoms with van der Waals surface area (Å²) >= 11 is 0. The lowest BCUT2D eigenvalue weighted by Crippen LogP contribution is -1.98. The smallest absolute Gasteiger partial charge is 0.234 e. The summed E-state index contributed by atoms with van der Waals surface area (Å²) in [6, 6.07) is 3.91. The zero-order valence-electron chi connectivity index (χ0n) is 10.4. The summed E-state index contributed by atoms with van der Waals surface area (Å²) in [4.78, 5) is 13.5. The number of methoxy groups -OCH3 is 2. The molecule has 4 heteroatoms. The second-order valence-electron chi connectivity index (χ2n) is 3.66. The highest BCUT2D eigenvalue weighted by molar-refractivity contribution is 5.49. The van der Waals surface area contributed by atoms with Crippen LogP contribution in [-0.4, -0.2) is 26.8 Å². The van der Waals surface area contributed by atoms with Gasteiger partial charge in [-0.15, -0.1) is 0 Å². The zero-order valence-corrected chi connectivity index (χ0v) is 10.4. The zero-order chi connectivity index (χ0) is 12.7. The highest BCUT2D eigenvalue weighted by Crippen LogP contribution is 2.31. The van der Waals surface area contributed by atoms with E-state index in [0.29, 0.717) is 6.54 Å². The Balaban J connectivity index is 2.84. The summed E-state index contributed by atoms with van der Waals surface area (Å²) in [7, 11) is 3.29. The van der Waals surface area contributed by atoms with Gasteiger partial charge in [0.1, 0.15) is 11.5 Å². The third-order valence-electron chi connectivity index (χ3n) is 2.64. The summed E-state index contributed by atoms with van der Waals surface area (Å²) in [5.41, 5.74) is 2.10. The SMILES string of the molecule is COc1ccc(CCCN=C=O)c(OC)c1C. The fourth-order valence-electron chi connectivity index (χ4n) is 1.83. The van der Waals surface area contributed by atoms with Crippen molar-refractivity contribution in [1.29, 1.82) is 0 Å². The van der Waals surface area contributed by atoms with Gasteiger partial charge in [0.05, 0.1) is 20.8 Å². The molecule has 1 aromatic rings. The molecule has 17 heavy (non-hydrogen) atoms. The highest BCUT2D eigenvalue weighted by Gasteiger charge is 2.10. The average molecular weight is 235 g/mol. The molecule has 0 heterocycles. The van der Waals surface area contributed by atoms with Gasteiger partial charge in [0.2, 0.25) is 6.08 Å². The largest absolute Gasteiger partial charge is 0.496 e. The lowest BCUT2D eigenvalue weighted by molar-refractivity contribution is 0.385.